The van der Waals surface area contributed by atoms with Crippen LogP contribution in [0, 0.1) is 0 Å². The minimum absolute atomic E-state index is 0.169. The second kappa shape index (κ2) is 4.33. The van der Waals surface area contributed by atoms with E-state index in [9.17, 15) is 9.90 Å². The van der Waals surface area contributed by atoms with Crippen molar-refractivity contribution in [3.63, 3.8) is 0 Å². The molecule has 0 unspecified atom stereocenters. The number of hydrogen-bond acceptors (Lipinski definition) is 3. The molecule has 0 spiro atoms. The molecule has 0 bridgehead atoms. The van der Waals surface area contributed by atoms with Crippen molar-refractivity contribution in [3.8, 4) is 0 Å². The van der Waals surface area contributed by atoms with Crippen LogP contribution in [0.3, 0.4) is 0 Å². The summed E-state index contributed by atoms with van der Waals surface area (Å²) in [6.45, 7) is 9.95. The van der Waals surface area contributed by atoms with Crippen LogP contribution in [0.1, 0.15) is 20.8 Å². The molecule has 0 radical (unpaired) electrons. The monoisotopic (exact) mass is 213 g/mol. The zero-order valence-corrected chi connectivity index (χ0v) is 9.56. The number of carbonyl (C=O) groups is 1. The first-order chi connectivity index (χ1) is 6.88. The third-order valence-electron chi connectivity index (χ3n) is 2.49. The van der Waals surface area contributed by atoms with Crippen LogP contribution in [-0.2, 0) is 9.53 Å². The van der Waals surface area contributed by atoms with Gasteiger partial charge in [0.1, 0.15) is 0 Å². The van der Waals surface area contributed by atoms with Crippen molar-refractivity contribution in [2.45, 2.75) is 38.5 Å². The second-order valence-corrected chi connectivity index (χ2v) is 4.76. The van der Waals surface area contributed by atoms with E-state index >= 15 is 0 Å². The highest BCUT2D eigenvalue weighted by Gasteiger charge is 2.39. The van der Waals surface area contributed by atoms with Gasteiger partial charge >= 0.3 is 0 Å². The number of aliphatic hydroxyl groups is 1. The quantitative estimate of drug-likeness (QED) is 0.682. The number of amides is 1. The summed E-state index contributed by atoms with van der Waals surface area (Å²) in [5.74, 6) is -0.169. The fourth-order valence-corrected chi connectivity index (χ4v) is 1.87. The van der Waals surface area contributed by atoms with Crippen LogP contribution < -0.4 is 0 Å². The lowest BCUT2D eigenvalue weighted by Gasteiger charge is -2.40. The number of nitrogens with zero attached hydrogens (tertiary/aromatic N) is 1. The second-order valence-electron chi connectivity index (χ2n) is 4.76. The maximum Gasteiger partial charge on any atom is 0.246 e. The smallest absolute Gasteiger partial charge is 0.246 e. The van der Waals surface area contributed by atoms with Crippen molar-refractivity contribution in [2.75, 3.05) is 13.2 Å². The fourth-order valence-electron chi connectivity index (χ4n) is 1.87. The van der Waals surface area contributed by atoms with Crippen LogP contribution in [0.15, 0.2) is 12.7 Å². The molecule has 1 heterocycles. The van der Waals surface area contributed by atoms with Gasteiger partial charge in [0, 0.05) is 5.54 Å². The van der Waals surface area contributed by atoms with Crippen molar-refractivity contribution < 1.29 is 14.6 Å². The zero-order chi connectivity index (χ0) is 11.6. The molecule has 15 heavy (non-hydrogen) atoms. The highest BCUT2D eigenvalue weighted by molar-refractivity contribution is 5.88. The molecule has 1 N–H and O–H groups in total. The first kappa shape index (κ1) is 12.2. The topological polar surface area (TPSA) is 49.8 Å². The van der Waals surface area contributed by atoms with Gasteiger partial charge in [-0.15, -0.1) is 0 Å². The van der Waals surface area contributed by atoms with Gasteiger partial charge in [-0.2, -0.15) is 0 Å². The number of hydrogen-bond donors (Lipinski definition) is 1. The third kappa shape index (κ3) is 2.58. The zero-order valence-electron chi connectivity index (χ0n) is 9.56. The summed E-state index contributed by atoms with van der Waals surface area (Å²) < 4.78 is 5.16. The van der Waals surface area contributed by atoms with Crippen LogP contribution >= 0.6 is 0 Å². The number of rotatable bonds is 2. The molecule has 2 atom stereocenters. The molecular formula is C11H19NO3. The van der Waals surface area contributed by atoms with Crippen LogP contribution in [0.25, 0.3) is 0 Å². The normalized spacial score (nSPS) is 26.4. The Morgan fingerprint density at radius 3 is 2.47 bits per heavy atom. The van der Waals surface area contributed by atoms with Gasteiger partial charge in [-0.3, -0.25) is 4.79 Å². The van der Waals surface area contributed by atoms with Gasteiger partial charge in [-0.05, 0) is 26.8 Å². The molecule has 0 saturated carbocycles. The van der Waals surface area contributed by atoms with Gasteiger partial charge in [0.2, 0.25) is 5.91 Å². The molecule has 0 aromatic rings. The van der Waals surface area contributed by atoms with Gasteiger partial charge < -0.3 is 14.7 Å². The minimum atomic E-state index is -0.604. The lowest BCUT2D eigenvalue weighted by molar-refractivity contribution is -0.136. The van der Waals surface area contributed by atoms with Crippen LogP contribution in [-0.4, -0.2) is 46.8 Å². The molecular weight excluding hydrogens is 194 g/mol. The summed E-state index contributed by atoms with van der Waals surface area (Å²) in [6.07, 6.45) is 0.671. The van der Waals surface area contributed by atoms with Crippen molar-refractivity contribution in [1.29, 1.82) is 0 Å². The molecule has 4 nitrogen and oxygen atoms in total. The van der Waals surface area contributed by atoms with E-state index in [-0.39, 0.29) is 17.5 Å². The standard InChI is InChI=1S/C11H19NO3/c1-5-10(14)12(11(2,3)4)8-6-15-7-9(8)13/h5,8-9,13H,1,6-7H2,2-4H3/t8-,9-/m1/s1. The fraction of sp³-hybridized carbons (Fsp3) is 0.727. The average Bonchev–Trinajstić information content (AvgIpc) is 2.50. The van der Waals surface area contributed by atoms with E-state index in [1.54, 1.807) is 4.90 Å². The number of aliphatic hydroxyl groups excluding tert-OH is 1. The molecule has 1 fully saturated rings. The maximum absolute atomic E-state index is 11.7. The molecule has 0 aromatic heterocycles. The summed E-state index contributed by atoms with van der Waals surface area (Å²) >= 11 is 0. The Morgan fingerprint density at radius 1 is 1.53 bits per heavy atom. The van der Waals surface area contributed by atoms with Crippen LogP contribution in [0.2, 0.25) is 0 Å². The van der Waals surface area contributed by atoms with E-state index < -0.39 is 6.10 Å². The highest BCUT2D eigenvalue weighted by atomic mass is 16.5. The molecule has 86 valence electrons. The van der Waals surface area contributed by atoms with Gasteiger partial charge in [0.25, 0.3) is 0 Å². The predicted molar refractivity (Wildman–Crippen MR) is 57.4 cm³/mol. The highest BCUT2D eigenvalue weighted by Crippen LogP contribution is 2.23. The SMILES string of the molecule is C=CC(=O)N([C@@H]1COC[C@H]1O)C(C)(C)C. The van der Waals surface area contributed by atoms with E-state index in [0.717, 1.165) is 0 Å². The molecule has 0 aromatic carbocycles. The first-order valence-corrected chi connectivity index (χ1v) is 5.09. The third-order valence-corrected chi connectivity index (χ3v) is 2.49. The van der Waals surface area contributed by atoms with Gasteiger partial charge in [-0.25, -0.2) is 0 Å². The molecule has 1 rings (SSSR count). The van der Waals surface area contributed by atoms with Gasteiger partial charge in [0.15, 0.2) is 0 Å². The Kier molecular flexibility index (Phi) is 3.52. The van der Waals surface area contributed by atoms with Crippen molar-refractivity contribution in [2.24, 2.45) is 0 Å². The Balaban J connectivity index is 2.90. The summed E-state index contributed by atoms with van der Waals surface area (Å²) in [5.41, 5.74) is -0.343. The summed E-state index contributed by atoms with van der Waals surface area (Å²) in [4.78, 5) is 13.4. The molecule has 4 heteroatoms. The van der Waals surface area contributed by atoms with Crippen molar-refractivity contribution in [1.82, 2.24) is 4.90 Å². The minimum Gasteiger partial charge on any atom is -0.388 e. The molecule has 1 aliphatic heterocycles. The molecule has 0 aliphatic carbocycles. The molecule has 1 amide bonds. The molecule has 1 aliphatic rings. The number of carbonyl (C=O) groups excluding carboxylic acids is 1. The summed E-state index contributed by atoms with van der Waals surface area (Å²) in [6, 6.07) is -0.268. The predicted octanol–water partition coefficient (Wildman–Crippen LogP) is 0.559. The van der Waals surface area contributed by atoms with E-state index in [0.29, 0.717) is 13.2 Å². The lowest BCUT2D eigenvalue weighted by atomic mass is 10.0. The van der Waals surface area contributed by atoms with Gasteiger partial charge in [0.05, 0.1) is 25.4 Å². The van der Waals surface area contributed by atoms with E-state index in [2.05, 4.69) is 6.58 Å². The van der Waals surface area contributed by atoms with Gasteiger partial charge in [-0.1, -0.05) is 6.58 Å². The van der Waals surface area contributed by atoms with E-state index in [1.807, 2.05) is 20.8 Å². The van der Waals surface area contributed by atoms with Crippen molar-refractivity contribution >= 4 is 5.91 Å². The Morgan fingerprint density at radius 2 is 2.13 bits per heavy atom. The van der Waals surface area contributed by atoms with E-state index in [1.165, 1.54) is 6.08 Å². The van der Waals surface area contributed by atoms with Crippen LogP contribution in [0.4, 0.5) is 0 Å². The number of ether oxygens (including phenoxy) is 1. The van der Waals surface area contributed by atoms with Crippen molar-refractivity contribution in [3.05, 3.63) is 12.7 Å². The Bertz CT molecular complexity index is 257. The van der Waals surface area contributed by atoms with E-state index in [4.69, 9.17) is 4.74 Å². The largest absolute Gasteiger partial charge is 0.388 e. The lowest BCUT2D eigenvalue weighted by Crippen LogP contribution is -2.55. The summed E-state index contributed by atoms with van der Waals surface area (Å²) in [7, 11) is 0. The Labute approximate surface area is 90.5 Å². The first-order valence-electron chi connectivity index (χ1n) is 5.09. The van der Waals surface area contributed by atoms with Crippen LogP contribution in [0.5, 0.6) is 0 Å². The maximum atomic E-state index is 11.7. The average molecular weight is 213 g/mol. The Hall–Kier alpha value is -0.870. The summed E-state index contributed by atoms with van der Waals surface area (Å²) in [5, 5.41) is 9.71. The molecule has 1 saturated heterocycles.